The largest absolute Gasteiger partial charge is 0.478 e. The Labute approximate surface area is 175 Å². The minimum Gasteiger partial charge on any atom is -0.478 e. The fraction of sp³-hybridized carbons (Fsp3) is 0.190. The van der Waals surface area contributed by atoms with E-state index in [0.29, 0.717) is 17.0 Å². The van der Waals surface area contributed by atoms with Gasteiger partial charge in [0.05, 0.1) is 23.9 Å². The Balaban J connectivity index is 1.89. The monoisotopic (exact) mass is 460 g/mol. The molecule has 0 spiro atoms. The lowest BCUT2D eigenvalue weighted by Crippen LogP contribution is -2.29. The second-order valence-corrected chi connectivity index (χ2v) is 7.35. The number of benzene rings is 2. The van der Waals surface area contributed by atoms with Crippen molar-refractivity contribution in [3.05, 3.63) is 70.0 Å². The van der Waals surface area contributed by atoms with Crippen molar-refractivity contribution in [3.8, 4) is 0 Å². The number of hydrazone groups is 1. The molecule has 6 nitrogen and oxygen atoms in total. The molecule has 0 fully saturated rings. The molecule has 1 atom stereocenters. The molecule has 0 aromatic heterocycles. The number of methoxy groups -OCH3 is 1. The first-order valence-electron chi connectivity index (χ1n) is 8.74. The van der Waals surface area contributed by atoms with Gasteiger partial charge in [-0.3, -0.25) is 4.79 Å². The summed E-state index contributed by atoms with van der Waals surface area (Å²) in [6.07, 6.45) is 1.38. The van der Waals surface area contributed by atoms with Crippen LogP contribution in [0.3, 0.4) is 0 Å². The van der Waals surface area contributed by atoms with Crippen LogP contribution in [0.5, 0.6) is 0 Å². The molecular weight excluding hydrogens is 443 g/mol. The van der Waals surface area contributed by atoms with Crippen LogP contribution in [0.15, 0.2) is 63.7 Å². The van der Waals surface area contributed by atoms with Crippen LogP contribution >= 0.6 is 15.9 Å². The van der Waals surface area contributed by atoms with Crippen molar-refractivity contribution in [2.75, 3.05) is 18.7 Å². The molecule has 1 unspecified atom stereocenters. The van der Waals surface area contributed by atoms with E-state index in [0.717, 1.165) is 4.47 Å². The number of hydrogen-bond acceptors (Lipinski definition) is 4. The second kappa shape index (κ2) is 9.11. The molecule has 0 radical (unpaired) electrons. The van der Waals surface area contributed by atoms with Crippen LogP contribution in [0, 0.1) is 11.7 Å². The summed E-state index contributed by atoms with van der Waals surface area (Å²) in [7, 11) is 1.48. The highest BCUT2D eigenvalue weighted by molar-refractivity contribution is 9.10. The maximum atomic E-state index is 13.1. The summed E-state index contributed by atoms with van der Waals surface area (Å²) in [5, 5.41) is 15.3. The van der Waals surface area contributed by atoms with E-state index in [1.54, 1.807) is 24.3 Å². The Bertz CT molecular complexity index is 971. The zero-order valence-corrected chi connectivity index (χ0v) is 17.1. The summed E-state index contributed by atoms with van der Waals surface area (Å²) in [6.45, 7) is 0.104. The van der Waals surface area contributed by atoms with E-state index in [2.05, 4.69) is 21.0 Å². The third kappa shape index (κ3) is 4.96. The van der Waals surface area contributed by atoms with Crippen molar-refractivity contribution in [3.63, 3.8) is 0 Å². The fourth-order valence-electron chi connectivity index (χ4n) is 2.98. The van der Waals surface area contributed by atoms with E-state index in [1.807, 2.05) is 0 Å². The predicted octanol–water partition coefficient (Wildman–Crippen LogP) is 4.11. The van der Waals surface area contributed by atoms with Crippen molar-refractivity contribution in [2.24, 2.45) is 11.0 Å². The molecule has 1 aliphatic rings. The summed E-state index contributed by atoms with van der Waals surface area (Å²) in [6, 6.07) is 12.5. The Kier molecular flexibility index (Phi) is 6.56. The number of carboxylic acid groups (broad SMARTS) is 1. The molecule has 3 rings (SSSR count). The number of ether oxygens (including phenoxy) is 1. The van der Waals surface area contributed by atoms with E-state index < -0.39 is 17.7 Å². The van der Waals surface area contributed by atoms with Crippen LogP contribution < -0.4 is 5.01 Å². The number of hydrogen-bond donors (Lipinski definition) is 1. The number of amides is 1. The van der Waals surface area contributed by atoms with Crippen molar-refractivity contribution in [2.45, 2.75) is 6.42 Å². The molecule has 1 amide bonds. The molecule has 2 aromatic carbocycles. The Morgan fingerprint density at radius 3 is 2.48 bits per heavy atom. The van der Waals surface area contributed by atoms with Gasteiger partial charge in [-0.1, -0.05) is 28.1 Å². The average Bonchev–Trinajstić information content (AvgIpc) is 2.99. The minimum atomic E-state index is -1.15. The normalized spacial score (nSPS) is 16.9. The number of rotatable bonds is 7. The molecule has 0 saturated heterocycles. The maximum Gasteiger partial charge on any atom is 0.331 e. The number of halogens is 2. The number of nitrogens with zero attached hydrogens (tertiary/aromatic N) is 2. The van der Waals surface area contributed by atoms with Gasteiger partial charge in [0.2, 0.25) is 0 Å². The average molecular weight is 461 g/mol. The molecule has 2 aromatic rings. The smallest absolute Gasteiger partial charge is 0.331 e. The maximum absolute atomic E-state index is 13.1. The topological polar surface area (TPSA) is 79.2 Å². The van der Waals surface area contributed by atoms with Gasteiger partial charge in [0.25, 0.3) is 5.91 Å². The van der Waals surface area contributed by atoms with Gasteiger partial charge in [0, 0.05) is 17.2 Å². The van der Waals surface area contributed by atoms with Gasteiger partial charge in [0.1, 0.15) is 5.82 Å². The van der Waals surface area contributed by atoms with Crippen molar-refractivity contribution in [1.82, 2.24) is 0 Å². The molecule has 1 aliphatic heterocycles. The van der Waals surface area contributed by atoms with Gasteiger partial charge in [-0.25, -0.2) is 14.2 Å². The van der Waals surface area contributed by atoms with Crippen LogP contribution in [0.25, 0.3) is 6.08 Å². The van der Waals surface area contributed by atoms with Crippen LogP contribution in [-0.4, -0.2) is 36.4 Å². The van der Waals surface area contributed by atoms with Gasteiger partial charge in [0.15, 0.2) is 0 Å². The Morgan fingerprint density at radius 2 is 1.90 bits per heavy atom. The summed E-state index contributed by atoms with van der Waals surface area (Å²) >= 11 is 3.35. The molecule has 0 aliphatic carbocycles. The first kappa shape index (κ1) is 20.9. The lowest BCUT2D eigenvalue weighted by atomic mass is 9.93. The standard InChI is InChI=1S/C21H18BrFN2O4/c1-29-12-19-18(20(26)25(24-19)17-8-4-15(22)5-9-17)11-14(21(27)28)10-13-2-6-16(23)7-3-13/h2-10,18H,11-12H2,1H3,(H,27,28)/b14-10-. The van der Waals surface area contributed by atoms with E-state index >= 15 is 0 Å². The second-order valence-electron chi connectivity index (χ2n) is 6.43. The third-order valence-corrected chi connectivity index (χ3v) is 4.94. The van der Waals surface area contributed by atoms with Gasteiger partial charge in [-0.2, -0.15) is 5.10 Å². The van der Waals surface area contributed by atoms with E-state index in [-0.39, 0.29) is 24.5 Å². The van der Waals surface area contributed by atoms with Crippen LogP contribution in [0.2, 0.25) is 0 Å². The van der Waals surface area contributed by atoms with Gasteiger partial charge >= 0.3 is 5.97 Å². The van der Waals surface area contributed by atoms with Crippen LogP contribution in [-0.2, 0) is 14.3 Å². The Morgan fingerprint density at radius 1 is 1.24 bits per heavy atom. The molecule has 8 heteroatoms. The van der Waals surface area contributed by atoms with Gasteiger partial charge < -0.3 is 9.84 Å². The van der Waals surface area contributed by atoms with E-state index in [1.165, 1.54) is 42.5 Å². The molecule has 0 saturated carbocycles. The number of carboxylic acids is 1. The summed E-state index contributed by atoms with van der Waals surface area (Å²) in [5.41, 5.74) is 1.58. The molecule has 1 heterocycles. The zero-order valence-electron chi connectivity index (χ0n) is 15.5. The molecule has 150 valence electrons. The predicted molar refractivity (Wildman–Crippen MR) is 111 cm³/mol. The lowest BCUT2D eigenvalue weighted by Gasteiger charge is -2.15. The first-order chi connectivity index (χ1) is 13.9. The van der Waals surface area contributed by atoms with Crippen LogP contribution in [0.1, 0.15) is 12.0 Å². The Hall–Kier alpha value is -2.84. The molecule has 1 N–H and O–H groups in total. The summed E-state index contributed by atoms with van der Waals surface area (Å²) < 4.78 is 19.1. The quantitative estimate of drug-likeness (QED) is 0.630. The molecule has 0 bridgehead atoms. The third-order valence-electron chi connectivity index (χ3n) is 4.41. The number of anilines is 1. The summed E-state index contributed by atoms with van der Waals surface area (Å²) in [4.78, 5) is 24.8. The van der Waals surface area contributed by atoms with Crippen molar-refractivity contribution in [1.29, 1.82) is 0 Å². The SMILES string of the molecule is COCC1=NN(c2ccc(Br)cc2)C(=O)C1C/C(=C/c1ccc(F)cc1)C(=O)O. The van der Waals surface area contributed by atoms with E-state index in [4.69, 9.17) is 4.74 Å². The number of carbonyl (C=O) groups excluding carboxylic acids is 1. The minimum absolute atomic E-state index is 0.0245. The zero-order chi connectivity index (χ0) is 21.0. The van der Waals surface area contributed by atoms with Crippen molar-refractivity contribution < 1.29 is 23.8 Å². The fourth-order valence-corrected chi connectivity index (χ4v) is 3.24. The first-order valence-corrected chi connectivity index (χ1v) is 9.53. The van der Waals surface area contributed by atoms with Gasteiger partial charge in [-0.05, 0) is 54.5 Å². The van der Waals surface area contributed by atoms with Gasteiger partial charge in [-0.15, -0.1) is 0 Å². The highest BCUT2D eigenvalue weighted by Gasteiger charge is 2.37. The highest BCUT2D eigenvalue weighted by atomic mass is 79.9. The molecular formula is C21H18BrFN2O4. The highest BCUT2D eigenvalue weighted by Crippen LogP contribution is 2.29. The van der Waals surface area contributed by atoms with Crippen LogP contribution in [0.4, 0.5) is 10.1 Å². The number of aliphatic carboxylic acids is 1. The number of carbonyl (C=O) groups is 2. The summed E-state index contributed by atoms with van der Waals surface area (Å²) in [5.74, 6) is -2.65. The molecule has 29 heavy (non-hydrogen) atoms. The van der Waals surface area contributed by atoms with E-state index in [9.17, 15) is 19.1 Å². The lowest BCUT2D eigenvalue weighted by molar-refractivity contribution is -0.132. The van der Waals surface area contributed by atoms with Crippen molar-refractivity contribution >= 4 is 45.3 Å².